The van der Waals surface area contributed by atoms with Crippen molar-refractivity contribution in [3.8, 4) is 0 Å². The molecular formula is C13H12F2N4OS. The third-order valence-corrected chi connectivity index (χ3v) is 4.17. The van der Waals surface area contributed by atoms with Crippen LogP contribution in [-0.2, 0) is 0 Å². The zero-order valence-corrected chi connectivity index (χ0v) is 11.8. The maximum atomic E-state index is 13.6. The molecule has 0 unspecified atom stereocenters. The number of halogens is 2. The van der Waals surface area contributed by atoms with Crippen molar-refractivity contribution in [2.75, 3.05) is 31.1 Å². The second-order valence-corrected chi connectivity index (χ2v) is 5.43. The highest BCUT2D eigenvalue weighted by molar-refractivity contribution is 7.13. The van der Waals surface area contributed by atoms with Crippen molar-refractivity contribution in [2.24, 2.45) is 0 Å². The molecule has 0 aromatic carbocycles. The Labute approximate surface area is 123 Å². The molecule has 1 amide bonds. The predicted octanol–water partition coefficient (Wildman–Crippen LogP) is 1.78. The predicted molar refractivity (Wildman–Crippen MR) is 74.4 cm³/mol. The number of carbonyl (C=O) groups is 1. The van der Waals surface area contributed by atoms with Crippen LogP contribution in [0.5, 0.6) is 0 Å². The summed E-state index contributed by atoms with van der Waals surface area (Å²) in [5.74, 6) is -2.94. The fraction of sp³-hybridized carbons (Fsp3) is 0.308. The second kappa shape index (κ2) is 5.72. The van der Waals surface area contributed by atoms with Crippen LogP contribution in [0.15, 0.2) is 23.8 Å². The highest BCUT2D eigenvalue weighted by Gasteiger charge is 2.26. The van der Waals surface area contributed by atoms with Gasteiger partial charge in [0.2, 0.25) is 5.95 Å². The number of rotatable bonds is 2. The standard InChI is InChI=1S/C13H12F2N4OS/c14-10-9(1-2-16-11(10)15)12(20)18-4-6-19(7-5-18)13-17-3-8-21-13/h1-3,8H,4-7H2. The SMILES string of the molecule is O=C(c1ccnc(F)c1F)N1CCN(c2nccs2)CC1. The molecule has 0 bridgehead atoms. The fourth-order valence-corrected chi connectivity index (χ4v) is 2.92. The van der Waals surface area contributed by atoms with Gasteiger partial charge < -0.3 is 9.80 Å². The van der Waals surface area contributed by atoms with Crippen molar-refractivity contribution in [3.63, 3.8) is 0 Å². The topological polar surface area (TPSA) is 49.3 Å². The number of piperazine rings is 1. The minimum absolute atomic E-state index is 0.273. The monoisotopic (exact) mass is 310 g/mol. The van der Waals surface area contributed by atoms with Crippen molar-refractivity contribution < 1.29 is 13.6 Å². The van der Waals surface area contributed by atoms with E-state index in [1.54, 1.807) is 6.20 Å². The van der Waals surface area contributed by atoms with Crippen LogP contribution in [-0.4, -0.2) is 47.0 Å². The molecule has 0 atom stereocenters. The van der Waals surface area contributed by atoms with Gasteiger partial charge in [-0.3, -0.25) is 4.79 Å². The van der Waals surface area contributed by atoms with Crippen molar-refractivity contribution >= 4 is 22.4 Å². The fourth-order valence-electron chi connectivity index (χ4n) is 2.23. The number of anilines is 1. The van der Waals surface area contributed by atoms with Gasteiger partial charge in [0.1, 0.15) is 0 Å². The van der Waals surface area contributed by atoms with Crippen LogP contribution in [0.4, 0.5) is 13.9 Å². The van der Waals surface area contributed by atoms with Crippen LogP contribution in [0.3, 0.4) is 0 Å². The summed E-state index contributed by atoms with van der Waals surface area (Å²) in [5.41, 5.74) is -0.273. The van der Waals surface area contributed by atoms with Gasteiger partial charge in [-0.05, 0) is 6.07 Å². The van der Waals surface area contributed by atoms with Gasteiger partial charge in [0.05, 0.1) is 5.56 Å². The number of aromatic nitrogens is 2. The summed E-state index contributed by atoms with van der Waals surface area (Å²) in [6, 6.07) is 1.20. The summed E-state index contributed by atoms with van der Waals surface area (Å²) >= 11 is 1.53. The van der Waals surface area contributed by atoms with Gasteiger partial charge >= 0.3 is 0 Å². The average Bonchev–Trinajstić information content (AvgIpc) is 3.04. The summed E-state index contributed by atoms with van der Waals surface area (Å²) in [6.07, 6.45) is 2.82. The summed E-state index contributed by atoms with van der Waals surface area (Å²) < 4.78 is 26.7. The Morgan fingerprint density at radius 2 is 1.90 bits per heavy atom. The number of carbonyl (C=O) groups excluding carboxylic acids is 1. The third-order valence-electron chi connectivity index (χ3n) is 3.33. The van der Waals surface area contributed by atoms with E-state index in [2.05, 4.69) is 14.9 Å². The van der Waals surface area contributed by atoms with Crippen molar-refractivity contribution in [3.05, 3.63) is 41.2 Å². The first kappa shape index (κ1) is 13.9. The molecule has 1 fully saturated rings. The lowest BCUT2D eigenvalue weighted by atomic mass is 10.2. The molecule has 5 nitrogen and oxygen atoms in total. The molecule has 3 rings (SSSR count). The second-order valence-electron chi connectivity index (χ2n) is 4.56. The molecule has 3 heterocycles. The average molecular weight is 310 g/mol. The lowest BCUT2D eigenvalue weighted by molar-refractivity contribution is 0.0740. The maximum absolute atomic E-state index is 13.6. The Morgan fingerprint density at radius 1 is 1.14 bits per heavy atom. The first-order chi connectivity index (χ1) is 10.2. The highest BCUT2D eigenvalue weighted by atomic mass is 32.1. The van der Waals surface area contributed by atoms with E-state index in [9.17, 15) is 13.6 Å². The molecule has 2 aromatic heterocycles. The summed E-state index contributed by atoms with van der Waals surface area (Å²) in [4.78, 5) is 23.2. The molecule has 110 valence electrons. The zero-order chi connectivity index (χ0) is 14.8. The molecule has 2 aromatic rings. The van der Waals surface area contributed by atoms with Crippen LogP contribution in [0.25, 0.3) is 0 Å². The molecule has 1 saturated heterocycles. The smallest absolute Gasteiger partial charge is 0.257 e. The quantitative estimate of drug-likeness (QED) is 0.793. The van der Waals surface area contributed by atoms with Gasteiger partial charge in [0, 0.05) is 44.0 Å². The summed E-state index contributed by atoms with van der Waals surface area (Å²) in [7, 11) is 0. The summed E-state index contributed by atoms with van der Waals surface area (Å²) in [6.45, 7) is 2.13. The highest BCUT2D eigenvalue weighted by Crippen LogP contribution is 2.20. The van der Waals surface area contributed by atoms with E-state index in [-0.39, 0.29) is 5.56 Å². The van der Waals surface area contributed by atoms with Gasteiger partial charge in [-0.2, -0.15) is 4.39 Å². The minimum Gasteiger partial charge on any atom is -0.345 e. The van der Waals surface area contributed by atoms with Crippen LogP contribution in [0.2, 0.25) is 0 Å². The number of hydrogen-bond acceptors (Lipinski definition) is 5. The van der Waals surface area contributed by atoms with Crippen LogP contribution < -0.4 is 4.90 Å². The van der Waals surface area contributed by atoms with Gasteiger partial charge in [-0.15, -0.1) is 11.3 Å². The van der Waals surface area contributed by atoms with Gasteiger partial charge in [0.25, 0.3) is 5.91 Å². The van der Waals surface area contributed by atoms with Crippen molar-refractivity contribution in [2.45, 2.75) is 0 Å². The number of hydrogen-bond donors (Lipinski definition) is 0. The molecule has 1 aliphatic rings. The largest absolute Gasteiger partial charge is 0.345 e. The first-order valence-electron chi connectivity index (χ1n) is 6.40. The number of nitrogens with zero attached hydrogens (tertiary/aromatic N) is 4. The number of thiazole rings is 1. The number of amides is 1. The molecule has 0 N–H and O–H groups in total. The molecule has 8 heteroatoms. The van der Waals surface area contributed by atoms with Crippen LogP contribution >= 0.6 is 11.3 Å². The lowest BCUT2D eigenvalue weighted by Crippen LogP contribution is -2.49. The van der Waals surface area contributed by atoms with Crippen LogP contribution in [0.1, 0.15) is 10.4 Å². The van der Waals surface area contributed by atoms with E-state index in [4.69, 9.17) is 0 Å². The molecule has 1 aliphatic heterocycles. The maximum Gasteiger partial charge on any atom is 0.257 e. The van der Waals surface area contributed by atoms with E-state index in [0.29, 0.717) is 26.2 Å². The molecule has 0 aliphatic carbocycles. The normalized spacial score (nSPS) is 15.3. The van der Waals surface area contributed by atoms with E-state index >= 15 is 0 Å². The Bertz CT molecular complexity index is 642. The lowest BCUT2D eigenvalue weighted by Gasteiger charge is -2.34. The van der Waals surface area contributed by atoms with Crippen LogP contribution in [0, 0.1) is 11.8 Å². The summed E-state index contributed by atoms with van der Waals surface area (Å²) in [5, 5.41) is 2.80. The Hall–Kier alpha value is -2.09. The zero-order valence-electron chi connectivity index (χ0n) is 11.0. The molecule has 21 heavy (non-hydrogen) atoms. The van der Waals surface area contributed by atoms with Crippen molar-refractivity contribution in [1.82, 2.24) is 14.9 Å². The van der Waals surface area contributed by atoms with E-state index in [1.165, 1.54) is 22.3 Å². The van der Waals surface area contributed by atoms with Crippen molar-refractivity contribution in [1.29, 1.82) is 0 Å². The van der Waals surface area contributed by atoms with Gasteiger partial charge in [0.15, 0.2) is 10.9 Å². The number of pyridine rings is 1. The minimum atomic E-state index is -1.25. The Morgan fingerprint density at radius 3 is 2.57 bits per heavy atom. The molecule has 0 saturated carbocycles. The van der Waals surface area contributed by atoms with E-state index in [1.807, 2.05) is 5.38 Å². The Kier molecular flexibility index (Phi) is 3.78. The van der Waals surface area contributed by atoms with Gasteiger partial charge in [-0.1, -0.05) is 0 Å². The Balaban J connectivity index is 1.69. The molecule has 0 spiro atoms. The molecular weight excluding hydrogens is 298 g/mol. The van der Waals surface area contributed by atoms with Gasteiger partial charge in [-0.25, -0.2) is 14.4 Å². The molecule has 0 radical (unpaired) electrons. The van der Waals surface area contributed by atoms with E-state index < -0.39 is 17.7 Å². The third kappa shape index (κ3) is 2.71. The first-order valence-corrected chi connectivity index (χ1v) is 7.28. The van der Waals surface area contributed by atoms with E-state index in [0.717, 1.165) is 11.3 Å².